The van der Waals surface area contributed by atoms with Crippen LogP contribution in [-0.4, -0.2) is 18.8 Å². The molecule has 0 saturated heterocycles. The van der Waals surface area contributed by atoms with Gasteiger partial charge in [0.2, 0.25) is 0 Å². The highest BCUT2D eigenvalue weighted by Crippen LogP contribution is 2.17. The maximum atomic E-state index is 5.81. The molecule has 0 aromatic heterocycles. The molecule has 96 valence electrons. The van der Waals surface area contributed by atoms with Gasteiger partial charge in [-0.05, 0) is 45.4 Å². The molecule has 0 aliphatic carbocycles. The van der Waals surface area contributed by atoms with E-state index in [9.17, 15) is 0 Å². The van der Waals surface area contributed by atoms with Crippen LogP contribution in [0.4, 0.5) is 0 Å². The van der Waals surface area contributed by atoms with Crippen LogP contribution in [-0.2, 0) is 4.74 Å². The molecule has 1 rings (SSSR count). The van der Waals surface area contributed by atoms with E-state index < -0.39 is 0 Å². The van der Waals surface area contributed by atoms with Gasteiger partial charge >= 0.3 is 0 Å². The van der Waals surface area contributed by atoms with Crippen molar-refractivity contribution in [1.29, 1.82) is 0 Å². The van der Waals surface area contributed by atoms with Crippen LogP contribution < -0.4 is 10.5 Å². The molecule has 1 aromatic carbocycles. The predicted octanol–water partition coefficient (Wildman–Crippen LogP) is 2.90. The van der Waals surface area contributed by atoms with E-state index in [-0.39, 0.29) is 11.6 Å². The van der Waals surface area contributed by atoms with E-state index in [1.165, 1.54) is 0 Å². The van der Waals surface area contributed by atoms with E-state index in [4.69, 9.17) is 15.2 Å². The third kappa shape index (κ3) is 5.71. The summed E-state index contributed by atoms with van der Waals surface area (Å²) in [6.45, 7) is 9.20. The molecule has 0 spiro atoms. The fourth-order valence-electron chi connectivity index (χ4n) is 1.39. The van der Waals surface area contributed by atoms with Crippen molar-refractivity contribution in [2.75, 3.05) is 13.2 Å². The lowest BCUT2D eigenvalue weighted by Gasteiger charge is -2.19. The fourth-order valence-corrected chi connectivity index (χ4v) is 1.39. The van der Waals surface area contributed by atoms with Gasteiger partial charge in [0.1, 0.15) is 12.4 Å². The summed E-state index contributed by atoms with van der Waals surface area (Å²) in [4.78, 5) is 0. The van der Waals surface area contributed by atoms with Crippen molar-refractivity contribution in [3.8, 4) is 5.75 Å². The summed E-state index contributed by atoms with van der Waals surface area (Å²) in [6.07, 6.45) is 0. The Morgan fingerprint density at radius 2 is 1.94 bits per heavy atom. The molecule has 0 saturated carbocycles. The Morgan fingerprint density at radius 1 is 1.24 bits per heavy atom. The van der Waals surface area contributed by atoms with Crippen LogP contribution in [0.5, 0.6) is 5.75 Å². The zero-order chi connectivity index (χ0) is 12.9. The largest absolute Gasteiger partial charge is 0.491 e. The number of rotatable bonds is 5. The third-order valence-corrected chi connectivity index (χ3v) is 2.27. The van der Waals surface area contributed by atoms with Crippen LogP contribution in [0.3, 0.4) is 0 Å². The van der Waals surface area contributed by atoms with E-state index in [1.54, 1.807) is 0 Å². The quantitative estimate of drug-likeness (QED) is 0.801. The molecule has 0 unspecified atom stereocenters. The normalized spacial score (nSPS) is 13.5. The Morgan fingerprint density at radius 3 is 2.53 bits per heavy atom. The number of hydrogen-bond acceptors (Lipinski definition) is 3. The molecule has 0 heterocycles. The number of benzene rings is 1. The molecule has 17 heavy (non-hydrogen) atoms. The smallest absolute Gasteiger partial charge is 0.119 e. The molecule has 0 bridgehead atoms. The summed E-state index contributed by atoms with van der Waals surface area (Å²) >= 11 is 0. The number of ether oxygens (including phenoxy) is 2. The topological polar surface area (TPSA) is 44.5 Å². The number of hydrogen-bond donors (Lipinski definition) is 1. The first-order valence-corrected chi connectivity index (χ1v) is 6.01. The van der Waals surface area contributed by atoms with Crippen LogP contribution in [0, 0.1) is 0 Å². The molecule has 2 N–H and O–H groups in total. The Kier molecular flexibility index (Phi) is 4.97. The zero-order valence-electron chi connectivity index (χ0n) is 11.2. The molecule has 0 aliphatic rings. The predicted molar refractivity (Wildman–Crippen MR) is 70.2 cm³/mol. The van der Waals surface area contributed by atoms with Crippen molar-refractivity contribution in [1.82, 2.24) is 0 Å². The highest BCUT2D eigenvalue weighted by molar-refractivity contribution is 5.30. The average molecular weight is 237 g/mol. The van der Waals surface area contributed by atoms with Crippen LogP contribution in [0.15, 0.2) is 24.3 Å². The standard InChI is InChI=1S/C14H23NO2/c1-11(15)12-6-5-7-13(10-12)16-8-9-17-14(2,3)4/h5-7,10-11H,8-9,15H2,1-4H3/t11-/m1/s1. The first kappa shape index (κ1) is 14.0. The monoisotopic (exact) mass is 237 g/mol. The van der Waals surface area contributed by atoms with Gasteiger partial charge in [0.05, 0.1) is 12.2 Å². The first-order valence-electron chi connectivity index (χ1n) is 6.01. The summed E-state index contributed by atoms with van der Waals surface area (Å²) < 4.78 is 11.2. The molecule has 3 heteroatoms. The minimum absolute atomic E-state index is 0.0318. The molecule has 0 radical (unpaired) electrons. The summed E-state index contributed by atoms with van der Waals surface area (Å²) in [5, 5.41) is 0. The van der Waals surface area contributed by atoms with E-state index >= 15 is 0 Å². The Hall–Kier alpha value is -1.06. The highest BCUT2D eigenvalue weighted by atomic mass is 16.5. The van der Waals surface area contributed by atoms with Crippen LogP contribution in [0.2, 0.25) is 0 Å². The summed E-state index contributed by atoms with van der Waals surface area (Å²) in [6, 6.07) is 7.90. The van der Waals surface area contributed by atoms with E-state index in [1.807, 2.05) is 52.0 Å². The number of nitrogens with two attached hydrogens (primary N) is 1. The fraction of sp³-hybridized carbons (Fsp3) is 0.571. The maximum absolute atomic E-state index is 5.81. The molecular formula is C14H23NO2. The highest BCUT2D eigenvalue weighted by Gasteiger charge is 2.09. The second-order valence-corrected chi connectivity index (χ2v) is 5.17. The molecule has 0 fully saturated rings. The van der Waals surface area contributed by atoms with Crippen molar-refractivity contribution in [3.05, 3.63) is 29.8 Å². The Balaban J connectivity index is 2.39. The lowest BCUT2D eigenvalue weighted by atomic mass is 10.1. The summed E-state index contributed by atoms with van der Waals surface area (Å²) in [5.41, 5.74) is 6.78. The van der Waals surface area contributed by atoms with Gasteiger partial charge in [-0.2, -0.15) is 0 Å². The summed E-state index contributed by atoms with van der Waals surface area (Å²) in [7, 11) is 0. The van der Waals surface area contributed by atoms with Gasteiger partial charge in [-0.15, -0.1) is 0 Å². The van der Waals surface area contributed by atoms with Gasteiger partial charge in [-0.3, -0.25) is 0 Å². The molecule has 0 amide bonds. The molecule has 1 atom stereocenters. The maximum Gasteiger partial charge on any atom is 0.119 e. The van der Waals surface area contributed by atoms with Gasteiger partial charge in [-0.1, -0.05) is 12.1 Å². The van der Waals surface area contributed by atoms with Crippen molar-refractivity contribution in [3.63, 3.8) is 0 Å². The van der Waals surface area contributed by atoms with E-state index in [2.05, 4.69) is 0 Å². The lowest BCUT2D eigenvalue weighted by molar-refractivity contribution is -0.0163. The molecular weight excluding hydrogens is 214 g/mol. The van der Waals surface area contributed by atoms with Crippen molar-refractivity contribution in [2.45, 2.75) is 39.3 Å². The second-order valence-electron chi connectivity index (χ2n) is 5.17. The zero-order valence-corrected chi connectivity index (χ0v) is 11.2. The molecule has 0 aliphatic heterocycles. The summed E-state index contributed by atoms with van der Waals surface area (Å²) in [5.74, 6) is 0.845. The van der Waals surface area contributed by atoms with Crippen molar-refractivity contribution >= 4 is 0 Å². The minimum atomic E-state index is -0.114. The van der Waals surface area contributed by atoms with Crippen LogP contribution in [0.25, 0.3) is 0 Å². The van der Waals surface area contributed by atoms with E-state index in [0.717, 1.165) is 11.3 Å². The van der Waals surface area contributed by atoms with Gasteiger partial charge in [0.15, 0.2) is 0 Å². The second kappa shape index (κ2) is 6.03. The minimum Gasteiger partial charge on any atom is -0.491 e. The van der Waals surface area contributed by atoms with Crippen molar-refractivity contribution in [2.24, 2.45) is 5.73 Å². The first-order chi connectivity index (χ1) is 7.88. The lowest BCUT2D eigenvalue weighted by Crippen LogP contribution is -2.22. The Bertz CT molecular complexity index is 342. The van der Waals surface area contributed by atoms with Gasteiger partial charge < -0.3 is 15.2 Å². The third-order valence-electron chi connectivity index (χ3n) is 2.27. The Labute approximate surface area is 104 Å². The van der Waals surface area contributed by atoms with Crippen LogP contribution >= 0.6 is 0 Å². The van der Waals surface area contributed by atoms with Gasteiger partial charge in [-0.25, -0.2) is 0 Å². The SMILES string of the molecule is C[C@@H](N)c1cccc(OCCOC(C)(C)C)c1. The average Bonchev–Trinajstić information content (AvgIpc) is 2.23. The molecule has 3 nitrogen and oxygen atoms in total. The molecule has 1 aromatic rings. The van der Waals surface area contributed by atoms with Gasteiger partial charge in [0.25, 0.3) is 0 Å². The van der Waals surface area contributed by atoms with E-state index in [0.29, 0.717) is 13.2 Å². The van der Waals surface area contributed by atoms with Crippen LogP contribution in [0.1, 0.15) is 39.3 Å². The van der Waals surface area contributed by atoms with Gasteiger partial charge in [0, 0.05) is 6.04 Å². The van der Waals surface area contributed by atoms with Crippen molar-refractivity contribution < 1.29 is 9.47 Å².